The summed E-state index contributed by atoms with van der Waals surface area (Å²) in [6, 6.07) is 24.9. The molecule has 6 N–H and O–H groups in total. The largest absolute Gasteiger partial charge is 0.497 e. The fraction of sp³-hybridized carbons (Fsp3) is 0.333. The number of aliphatic hydroxyl groups excluding tert-OH is 1. The molecule has 2 aliphatic heterocycles. The lowest BCUT2D eigenvalue weighted by atomic mass is 9.80. The number of methoxy groups -OCH3 is 2. The van der Waals surface area contributed by atoms with E-state index in [2.05, 4.69) is 29.9 Å². The van der Waals surface area contributed by atoms with Crippen molar-refractivity contribution < 1.29 is 42.4 Å². The average molecular weight is 881 g/mol. The number of benzene rings is 3. The van der Waals surface area contributed by atoms with Crippen molar-refractivity contribution in [2.24, 2.45) is 0 Å². The van der Waals surface area contributed by atoms with Crippen molar-refractivity contribution >= 4 is 41.7 Å². The lowest BCUT2D eigenvalue weighted by Gasteiger charge is -2.37. The summed E-state index contributed by atoms with van der Waals surface area (Å²) in [7, 11) is -0.734. The summed E-state index contributed by atoms with van der Waals surface area (Å²) in [5.74, 6) is 1.43. The Morgan fingerprint density at radius 2 is 1.40 bits per heavy atom. The van der Waals surface area contributed by atoms with E-state index < -0.39 is 55.6 Å². The number of nitrogens with two attached hydrogens (primary N) is 2. The molecular weight excluding hydrogens is 835 g/mol. The number of H-pyrrole nitrogens is 1. The maximum Gasteiger partial charge on any atom is 0.328 e. The third-order valence-electron chi connectivity index (χ3n) is 11.3. The van der Waals surface area contributed by atoms with Crippen molar-refractivity contribution in [3.05, 3.63) is 125 Å². The zero-order chi connectivity index (χ0) is 43.9. The van der Waals surface area contributed by atoms with E-state index in [1.54, 1.807) is 23.4 Å². The molecule has 6 heterocycles. The first-order valence-corrected chi connectivity index (χ1v) is 22.0. The number of imidazole rings is 2. The molecule has 0 spiro atoms. The molecule has 20 nitrogen and oxygen atoms in total. The highest BCUT2D eigenvalue weighted by Gasteiger charge is 2.46. The van der Waals surface area contributed by atoms with Gasteiger partial charge in [-0.15, -0.1) is 0 Å². The van der Waals surface area contributed by atoms with Gasteiger partial charge in [0.1, 0.15) is 53.6 Å². The molecule has 7 atom stereocenters. The molecule has 7 aromatic rings. The minimum Gasteiger partial charge on any atom is -0.497 e. The highest BCUT2D eigenvalue weighted by molar-refractivity contribution is 7.53. The molecule has 0 bridgehead atoms. The summed E-state index contributed by atoms with van der Waals surface area (Å²) in [5, 5.41) is 11.0. The minimum absolute atomic E-state index is 0.0598. The zero-order valence-electron chi connectivity index (χ0n) is 34.4. The van der Waals surface area contributed by atoms with Crippen LogP contribution in [0, 0.1) is 0 Å². The number of fused-ring (bicyclic) bond motifs is 2. The number of aliphatic hydroxyl groups is 1. The van der Waals surface area contributed by atoms with E-state index in [1.807, 2.05) is 78.9 Å². The number of nitrogens with one attached hydrogen (secondary N) is 1. The van der Waals surface area contributed by atoms with Crippen LogP contribution in [0.5, 0.6) is 11.5 Å². The second kappa shape index (κ2) is 17.1. The van der Waals surface area contributed by atoms with Crippen molar-refractivity contribution in [2.45, 2.75) is 55.3 Å². The smallest absolute Gasteiger partial charge is 0.328 e. The first-order chi connectivity index (χ1) is 30.5. The molecule has 2 saturated heterocycles. The fourth-order valence-electron chi connectivity index (χ4n) is 8.17. The Morgan fingerprint density at radius 3 is 2.06 bits per heavy atom. The van der Waals surface area contributed by atoms with Gasteiger partial charge in [-0.1, -0.05) is 54.6 Å². The number of rotatable bonds is 15. The number of ether oxygens (including phenoxy) is 5. The highest BCUT2D eigenvalue weighted by atomic mass is 31.2. The van der Waals surface area contributed by atoms with E-state index in [0.717, 1.165) is 16.7 Å². The standard InChI is InChI=1S/C42H45N10O10P/c1-56-27-13-9-25(10-14-27)42(24-7-5-4-6-8-24,26-11-15-28(57-2)16-12-26)58-19-32-30(18-34(61-32)52-23-48-36-39(52)49-41(44)50-40(36)54)62-63(3,55)59-20-31-29(53)17-33(60-31)51-22-47-35-37(43)45-21-46-38(35)51/h4-16,21-23,29-34,53H,17-20H2,1-3H3,(H2,43,45,46)(H3,44,49,50,54)/t29-,30-,31+,32+,33+,34+,63?/m0/s1. The molecule has 0 radical (unpaired) electrons. The Balaban J connectivity index is 1.02. The Bertz CT molecular complexity index is 2780. The Hall–Kier alpha value is -6.25. The van der Waals surface area contributed by atoms with Crippen LogP contribution in [0.25, 0.3) is 22.3 Å². The molecule has 0 saturated carbocycles. The Morgan fingerprint density at radius 1 is 0.794 bits per heavy atom. The number of anilines is 2. The van der Waals surface area contributed by atoms with Crippen molar-refractivity contribution in [1.82, 2.24) is 39.0 Å². The third kappa shape index (κ3) is 8.13. The van der Waals surface area contributed by atoms with Crippen LogP contribution in [-0.2, 0) is 33.4 Å². The molecule has 21 heteroatoms. The van der Waals surface area contributed by atoms with E-state index in [9.17, 15) is 14.5 Å². The molecule has 4 aromatic heterocycles. The van der Waals surface area contributed by atoms with Crippen LogP contribution in [0.2, 0.25) is 0 Å². The molecule has 0 aliphatic carbocycles. The quantitative estimate of drug-likeness (QED) is 0.0826. The molecule has 9 rings (SSSR count). The van der Waals surface area contributed by atoms with Crippen molar-refractivity contribution in [1.29, 1.82) is 0 Å². The van der Waals surface area contributed by atoms with Gasteiger partial charge in [-0.05, 0) is 41.0 Å². The minimum atomic E-state index is -3.93. The SMILES string of the molecule is COc1ccc(C(OC[C@H]2O[C@@H](n3cnc4c(=O)[nH]c(N)nc43)C[C@@H]2OP(C)(=O)OC[C@H]2O[C@@H](n3cnc4c(N)ncnc43)C[C@@H]2O)(c2ccccc2)c2ccc(OC)cc2)cc1. The molecule has 2 fully saturated rings. The van der Waals surface area contributed by atoms with Crippen LogP contribution in [0.1, 0.15) is 42.0 Å². The third-order valence-corrected chi connectivity index (χ3v) is 12.6. The molecule has 328 valence electrons. The van der Waals surface area contributed by atoms with Gasteiger partial charge in [0.15, 0.2) is 22.6 Å². The number of aromatic amines is 1. The number of hydrogen-bond acceptors (Lipinski definition) is 17. The number of nitrogen functional groups attached to an aromatic ring is 2. The second-order valence-electron chi connectivity index (χ2n) is 15.2. The van der Waals surface area contributed by atoms with Crippen LogP contribution < -0.4 is 26.5 Å². The van der Waals surface area contributed by atoms with E-state index in [-0.39, 0.29) is 49.0 Å². The van der Waals surface area contributed by atoms with Gasteiger partial charge in [0.05, 0.1) is 52.3 Å². The van der Waals surface area contributed by atoms with Crippen LogP contribution >= 0.6 is 7.60 Å². The monoisotopic (exact) mass is 880 g/mol. The normalized spacial score (nSPS) is 22.4. The predicted octanol–water partition coefficient (Wildman–Crippen LogP) is 4.31. The molecule has 2 aliphatic rings. The Labute approximate surface area is 359 Å². The summed E-state index contributed by atoms with van der Waals surface area (Å²) >= 11 is 0. The topological polar surface area (TPSA) is 261 Å². The van der Waals surface area contributed by atoms with Gasteiger partial charge in [-0.3, -0.25) is 23.5 Å². The van der Waals surface area contributed by atoms with Crippen LogP contribution in [-0.4, -0.2) is 103 Å². The molecule has 0 amide bonds. The maximum atomic E-state index is 14.3. The fourth-order valence-corrected chi connectivity index (χ4v) is 9.36. The van der Waals surface area contributed by atoms with Crippen molar-refractivity contribution in [2.75, 3.05) is 45.6 Å². The van der Waals surface area contributed by atoms with Crippen molar-refractivity contribution in [3.63, 3.8) is 0 Å². The summed E-state index contributed by atoms with van der Waals surface area (Å²) < 4.78 is 61.0. The molecular formula is C42H45N10O10P. The van der Waals surface area contributed by atoms with Crippen molar-refractivity contribution in [3.8, 4) is 11.5 Å². The average Bonchev–Trinajstić information content (AvgIpc) is 4.09. The van der Waals surface area contributed by atoms with Crippen LogP contribution in [0.3, 0.4) is 0 Å². The van der Waals surface area contributed by atoms with E-state index in [4.69, 9.17) is 44.2 Å². The van der Waals surface area contributed by atoms with E-state index in [0.29, 0.717) is 22.7 Å². The van der Waals surface area contributed by atoms with Gasteiger partial charge in [0.25, 0.3) is 5.56 Å². The summed E-state index contributed by atoms with van der Waals surface area (Å²) in [6.07, 6.45) is -0.558. The van der Waals surface area contributed by atoms with Gasteiger partial charge in [-0.2, -0.15) is 4.98 Å². The van der Waals surface area contributed by atoms with Gasteiger partial charge >= 0.3 is 7.60 Å². The maximum absolute atomic E-state index is 14.3. The van der Waals surface area contributed by atoms with Gasteiger partial charge in [0.2, 0.25) is 5.95 Å². The summed E-state index contributed by atoms with van der Waals surface area (Å²) in [6.45, 7) is 0.977. The zero-order valence-corrected chi connectivity index (χ0v) is 35.3. The number of nitrogens with zero attached hydrogens (tertiary/aromatic N) is 7. The summed E-state index contributed by atoms with van der Waals surface area (Å²) in [4.78, 5) is 36.4. The second-order valence-corrected chi connectivity index (χ2v) is 17.2. The van der Waals surface area contributed by atoms with Gasteiger partial charge in [0, 0.05) is 19.5 Å². The highest BCUT2D eigenvalue weighted by Crippen LogP contribution is 2.51. The van der Waals surface area contributed by atoms with Gasteiger partial charge in [-0.25, -0.2) is 19.9 Å². The van der Waals surface area contributed by atoms with Crippen LogP contribution in [0.15, 0.2) is 103 Å². The molecule has 63 heavy (non-hydrogen) atoms. The Kier molecular flexibility index (Phi) is 11.4. The number of aromatic nitrogens is 8. The van der Waals surface area contributed by atoms with Crippen LogP contribution in [0.4, 0.5) is 11.8 Å². The van der Waals surface area contributed by atoms with E-state index in [1.165, 1.54) is 25.6 Å². The lowest BCUT2D eigenvalue weighted by Crippen LogP contribution is -2.38. The van der Waals surface area contributed by atoms with Gasteiger partial charge < -0.3 is 49.3 Å². The lowest BCUT2D eigenvalue weighted by molar-refractivity contribution is -0.0919. The first-order valence-electron chi connectivity index (χ1n) is 20.0. The predicted molar refractivity (Wildman–Crippen MR) is 228 cm³/mol. The first kappa shape index (κ1) is 42.1. The number of hydrogen-bond donors (Lipinski definition) is 4. The summed E-state index contributed by atoms with van der Waals surface area (Å²) in [5.41, 5.74) is 13.6. The van der Waals surface area contributed by atoms with E-state index >= 15 is 0 Å². The molecule has 3 aromatic carbocycles. The molecule has 1 unspecified atom stereocenters.